The Morgan fingerprint density at radius 2 is 1.44 bits per heavy atom. The van der Waals surface area contributed by atoms with E-state index in [9.17, 15) is 4.79 Å². The number of unbranched alkanes of at least 4 members (excludes halogenated alkanes) is 6. The zero-order valence-electron chi connectivity index (χ0n) is 12.2. The van der Waals surface area contributed by atoms with Gasteiger partial charge < -0.3 is 16.6 Å². The van der Waals surface area contributed by atoms with Gasteiger partial charge in [-0.3, -0.25) is 4.79 Å². The minimum absolute atomic E-state index is 0.0973. The molecular formula is C14H32N2O2. The number of nitrogens with two attached hydrogens (primary N) is 2. The summed E-state index contributed by atoms with van der Waals surface area (Å²) in [5, 5.41) is 8.32. The summed E-state index contributed by atoms with van der Waals surface area (Å²) in [6.45, 7) is 4.31. The monoisotopic (exact) mass is 260 g/mol. The average Bonchev–Trinajstić information content (AvgIpc) is 2.31. The van der Waals surface area contributed by atoms with Crippen molar-refractivity contribution >= 4 is 5.97 Å². The normalized spacial score (nSPS) is 10.1. The summed E-state index contributed by atoms with van der Waals surface area (Å²) < 4.78 is 0. The molecule has 5 N–H and O–H groups in total. The topological polar surface area (TPSA) is 89.3 Å². The first-order valence-electron chi connectivity index (χ1n) is 7.27. The minimum Gasteiger partial charge on any atom is -0.481 e. The molecule has 0 aromatic rings. The zero-order chi connectivity index (χ0) is 14.2. The third-order valence-electron chi connectivity index (χ3n) is 2.64. The molecule has 0 saturated heterocycles. The van der Waals surface area contributed by atoms with Gasteiger partial charge in [-0.2, -0.15) is 0 Å². The fraction of sp³-hybridized carbons (Fsp3) is 0.929. The molecule has 0 amide bonds. The van der Waals surface area contributed by atoms with Crippen LogP contribution in [0.1, 0.15) is 78.1 Å². The highest BCUT2D eigenvalue weighted by molar-refractivity contribution is 5.66. The molecule has 0 spiro atoms. The number of hydrogen-bond donors (Lipinski definition) is 3. The van der Waals surface area contributed by atoms with Crippen molar-refractivity contribution in [3.63, 3.8) is 0 Å². The maximum atomic E-state index is 10.1. The van der Waals surface area contributed by atoms with Gasteiger partial charge in [-0.25, -0.2) is 0 Å². The van der Waals surface area contributed by atoms with E-state index in [1.165, 1.54) is 32.1 Å². The lowest BCUT2D eigenvalue weighted by Crippen LogP contribution is -2.29. The Bertz CT molecular complexity index is 173. The van der Waals surface area contributed by atoms with Crippen LogP contribution in [0.5, 0.6) is 0 Å². The van der Waals surface area contributed by atoms with Crippen LogP contribution in [0.2, 0.25) is 0 Å². The Morgan fingerprint density at radius 3 is 1.83 bits per heavy atom. The largest absolute Gasteiger partial charge is 0.481 e. The predicted molar refractivity (Wildman–Crippen MR) is 77.3 cm³/mol. The van der Waals surface area contributed by atoms with E-state index >= 15 is 0 Å². The molecule has 0 bridgehead atoms. The van der Waals surface area contributed by atoms with Crippen molar-refractivity contribution in [3.8, 4) is 0 Å². The van der Waals surface area contributed by atoms with Gasteiger partial charge in [-0.1, -0.05) is 58.8 Å². The van der Waals surface area contributed by atoms with Crippen LogP contribution in [0.3, 0.4) is 0 Å². The van der Waals surface area contributed by atoms with Crippen LogP contribution in [0, 0.1) is 0 Å². The van der Waals surface area contributed by atoms with Crippen molar-refractivity contribution in [2.75, 3.05) is 0 Å². The molecule has 0 heterocycles. The molecule has 0 atom stereocenters. The molecule has 0 rings (SSSR count). The van der Waals surface area contributed by atoms with E-state index in [-0.39, 0.29) is 6.17 Å². The first-order valence-corrected chi connectivity index (χ1v) is 7.27. The van der Waals surface area contributed by atoms with Crippen LogP contribution in [0.4, 0.5) is 0 Å². The quantitative estimate of drug-likeness (QED) is 0.415. The molecule has 0 aliphatic heterocycles. The molecule has 0 saturated carbocycles. The number of carboxylic acid groups (broad SMARTS) is 1. The zero-order valence-corrected chi connectivity index (χ0v) is 12.2. The average molecular weight is 260 g/mol. The highest BCUT2D eigenvalue weighted by Gasteiger charge is 1.95. The maximum absolute atomic E-state index is 10.1. The van der Waals surface area contributed by atoms with Crippen molar-refractivity contribution < 1.29 is 9.90 Å². The van der Waals surface area contributed by atoms with Crippen LogP contribution < -0.4 is 11.5 Å². The standard InChI is InChI=1S/C9H18O2.C5H14N2/c1-2-3-4-5-6-7-8-9(10)11;1-2-3-4-5(6)7/h2-8H2,1H3,(H,10,11);5H,2-4,6-7H2,1H3. The smallest absolute Gasteiger partial charge is 0.303 e. The number of carboxylic acids is 1. The molecule has 0 unspecified atom stereocenters. The second-order valence-corrected chi connectivity index (χ2v) is 4.72. The third-order valence-corrected chi connectivity index (χ3v) is 2.64. The summed E-state index contributed by atoms with van der Waals surface area (Å²) >= 11 is 0. The Kier molecular flexibility index (Phi) is 18.0. The number of aliphatic carboxylic acids is 1. The number of rotatable bonds is 10. The molecule has 0 fully saturated rings. The maximum Gasteiger partial charge on any atom is 0.303 e. The van der Waals surface area contributed by atoms with Crippen molar-refractivity contribution in [1.29, 1.82) is 0 Å². The molecule has 4 nitrogen and oxygen atoms in total. The second-order valence-electron chi connectivity index (χ2n) is 4.72. The highest BCUT2D eigenvalue weighted by atomic mass is 16.4. The van der Waals surface area contributed by atoms with Gasteiger partial charge >= 0.3 is 5.97 Å². The lowest BCUT2D eigenvalue weighted by atomic mass is 10.1. The van der Waals surface area contributed by atoms with Gasteiger partial charge in [0.25, 0.3) is 0 Å². The van der Waals surface area contributed by atoms with E-state index in [1.54, 1.807) is 0 Å². The summed E-state index contributed by atoms with van der Waals surface area (Å²) in [5.41, 5.74) is 10.5. The molecule has 18 heavy (non-hydrogen) atoms. The lowest BCUT2D eigenvalue weighted by Gasteiger charge is -2.00. The van der Waals surface area contributed by atoms with E-state index in [4.69, 9.17) is 16.6 Å². The van der Waals surface area contributed by atoms with Crippen molar-refractivity contribution in [2.45, 2.75) is 84.2 Å². The molecule has 0 aromatic carbocycles. The molecule has 110 valence electrons. The van der Waals surface area contributed by atoms with Gasteiger partial charge in [0.05, 0.1) is 6.17 Å². The van der Waals surface area contributed by atoms with Crippen LogP contribution in [0.15, 0.2) is 0 Å². The third kappa shape index (κ3) is 24.6. The molecule has 0 aliphatic rings. The summed E-state index contributed by atoms with van der Waals surface area (Å²) in [6.07, 6.45) is 10.4. The van der Waals surface area contributed by atoms with Crippen molar-refractivity contribution in [2.24, 2.45) is 11.5 Å². The van der Waals surface area contributed by atoms with Crippen molar-refractivity contribution in [3.05, 3.63) is 0 Å². The van der Waals surface area contributed by atoms with E-state index in [1.807, 2.05) is 0 Å². The van der Waals surface area contributed by atoms with E-state index < -0.39 is 5.97 Å². The van der Waals surface area contributed by atoms with E-state index in [2.05, 4.69) is 13.8 Å². The van der Waals surface area contributed by atoms with Crippen LogP contribution in [-0.2, 0) is 4.79 Å². The molecule has 4 heteroatoms. The van der Waals surface area contributed by atoms with Crippen LogP contribution in [-0.4, -0.2) is 17.2 Å². The first kappa shape index (κ1) is 19.7. The first-order chi connectivity index (χ1) is 8.54. The predicted octanol–water partition coefficient (Wildman–Crippen LogP) is 3.24. The Labute approximate surface area is 112 Å². The number of carbonyl (C=O) groups is 1. The van der Waals surface area contributed by atoms with Crippen molar-refractivity contribution in [1.82, 2.24) is 0 Å². The molecule has 0 aliphatic carbocycles. The fourth-order valence-electron chi connectivity index (χ4n) is 1.50. The van der Waals surface area contributed by atoms with Crippen LogP contribution in [0.25, 0.3) is 0 Å². The summed E-state index contributed by atoms with van der Waals surface area (Å²) in [5.74, 6) is -0.666. The summed E-state index contributed by atoms with van der Waals surface area (Å²) in [7, 11) is 0. The number of hydrogen-bond acceptors (Lipinski definition) is 3. The lowest BCUT2D eigenvalue weighted by molar-refractivity contribution is -0.137. The Balaban J connectivity index is 0. The summed E-state index contributed by atoms with van der Waals surface area (Å²) in [6, 6.07) is 0. The Hall–Kier alpha value is -0.610. The van der Waals surface area contributed by atoms with Gasteiger partial charge in [-0.05, 0) is 12.8 Å². The van der Waals surface area contributed by atoms with Crippen LogP contribution >= 0.6 is 0 Å². The minimum atomic E-state index is -0.666. The molecular weight excluding hydrogens is 228 g/mol. The highest BCUT2D eigenvalue weighted by Crippen LogP contribution is 2.06. The van der Waals surface area contributed by atoms with Gasteiger partial charge in [0.1, 0.15) is 0 Å². The second kappa shape index (κ2) is 16.4. The van der Waals surface area contributed by atoms with Gasteiger partial charge in [0.15, 0.2) is 0 Å². The Morgan fingerprint density at radius 1 is 0.944 bits per heavy atom. The van der Waals surface area contributed by atoms with Gasteiger partial charge in [0.2, 0.25) is 0 Å². The molecule has 0 aromatic heterocycles. The SMILES string of the molecule is CCCCC(N)N.CCCCCCCCC(=O)O. The van der Waals surface area contributed by atoms with E-state index in [0.29, 0.717) is 6.42 Å². The fourth-order valence-corrected chi connectivity index (χ4v) is 1.50. The van der Waals surface area contributed by atoms with Gasteiger partial charge in [-0.15, -0.1) is 0 Å². The van der Waals surface area contributed by atoms with E-state index in [0.717, 1.165) is 25.7 Å². The van der Waals surface area contributed by atoms with Gasteiger partial charge in [0, 0.05) is 6.42 Å². The molecule has 0 radical (unpaired) electrons. The summed E-state index contributed by atoms with van der Waals surface area (Å²) in [4.78, 5) is 10.1.